The molecule has 0 saturated heterocycles. The minimum absolute atomic E-state index is 0.656. The third-order valence-electron chi connectivity index (χ3n) is 5.51. The minimum Gasteiger partial charge on any atom is -0.0819 e. The van der Waals surface area contributed by atoms with Gasteiger partial charge in [-0.3, -0.25) is 0 Å². The van der Waals surface area contributed by atoms with Gasteiger partial charge in [-0.05, 0) is 42.6 Å². The molecule has 2 aliphatic carbocycles. The Hall–Kier alpha value is -0.715. The van der Waals surface area contributed by atoms with Crippen molar-refractivity contribution in [2.45, 2.75) is 86.3 Å². The Kier molecular flexibility index (Phi) is 9.68. The van der Waals surface area contributed by atoms with Gasteiger partial charge in [-0.15, -0.1) is 0 Å². The number of rotatable bonds is 3. The highest BCUT2D eigenvalue weighted by molar-refractivity contribution is 6.70. The van der Waals surface area contributed by atoms with Crippen molar-refractivity contribution in [3.63, 3.8) is 0 Å². The lowest BCUT2D eigenvalue weighted by Gasteiger charge is -2.24. The van der Waals surface area contributed by atoms with E-state index >= 15 is 0 Å². The van der Waals surface area contributed by atoms with Crippen molar-refractivity contribution in [3.8, 4) is 0 Å². The summed E-state index contributed by atoms with van der Waals surface area (Å²) in [5.41, 5.74) is 3.04. The van der Waals surface area contributed by atoms with E-state index in [0.717, 1.165) is 17.8 Å². The molecule has 0 spiro atoms. The van der Waals surface area contributed by atoms with Crippen LogP contribution >= 0.6 is 0 Å². The zero-order chi connectivity index (χ0) is 17.2. The van der Waals surface area contributed by atoms with Gasteiger partial charge in [0.1, 0.15) is 0 Å². The first kappa shape index (κ1) is 20.3. The van der Waals surface area contributed by atoms with Crippen LogP contribution < -0.4 is 5.46 Å². The molecule has 2 saturated carbocycles. The summed E-state index contributed by atoms with van der Waals surface area (Å²) in [7, 11) is 0. The fourth-order valence-electron chi connectivity index (χ4n) is 4.40. The van der Waals surface area contributed by atoms with Crippen molar-refractivity contribution in [2.75, 3.05) is 0 Å². The molecule has 1 heteroatoms. The Labute approximate surface area is 146 Å². The average molecular weight is 314 g/mol. The first-order valence-corrected chi connectivity index (χ1v) is 10.3. The summed E-state index contributed by atoms with van der Waals surface area (Å²) in [6, 6.07) is 9.42. The van der Waals surface area contributed by atoms with Crippen LogP contribution in [0.5, 0.6) is 0 Å². The maximum absolute atomic E-state index is 2.37. The molecule has 2 fully saturated rings. The van der Waals surface area contributed by atoms with E-state index in [1.807, 2.05) is 27.7 Å². The van der Waals surface area contributed by atoms with Gasteiger partial charge in [-0.1, -0.05) is 96.8 Å². The molecule has 0 N–H and O–H groups in total. The van der Waals surface area contributed by atoms with Crippen molar-refractivity contribution in [1.29, 1.82) is 0 Å². The summed E-state index contributed by atoms with van der Waals surface area (Å²) < 4.78 is 0. The van der Waals surface area contributed by atoms with Crippen molar-refractivity contribution in [1.82, 2.24) is 0 Å². The van der Waals surface area contributed by atoms with Crippen molar-refractivity contribution < 1.29 is 0 Å². The number of fused-ring (bicyclic) bond motifs is 1. The summed E-state index contributed by atoms with van der Waals surface area (Å²) in [6.45, 7) is 13.2. The van der Waals surface area contributed by atoms with Gasteiger partial charge < -0.3 is 0 Å². The summed E-state index contributed by atoms with van der Waals surface area (Å²) in [5, 5.41) is 0. The van der Waals surface area contributed by atoms with Gasteiger partial charge in [0.2, 0.25) is 0 Å². The highest BCUT2D eigenvalue weighted by Gasteiger charge is 2.35. The second-order valence-electron chi connectivity index (χ2n) is 7.24. The van der Waals surface area contributed by atoms with Crippen LogP contribution in [0.25, 0.3) is 0 Å². The molecule has 0 amide bonds. The maximum atomic E-state index is 2.37. The van der Waals surface area contributed by atoms with Gasteiger partial charge in [-0.25, -0.2) is 0 Å². The Balaban J connectivity index is 0.000000615. The summed E-state index contributed by atoms with van der Waals surface area (Å²) in [6.07, 6.45) is 10.4. The molecule has 23 heavy (non-hydrogen) atoms. The summed E-state index contributed by atoms with van der Waals surface area (Å²) >= 11 is 0. The Morgan fingerprint density at radius 1 is 0.826 bits per heavy atom. The third-order valence-corrected chi connectivity index (χ3v) is 5.51. The molecule has 0 bridgehead atoms. The molecular formula is C22H39B. The molecule has 0 aromatic heterocycles. The topological polar surface area (TPSA) is 0 Å². The van der Waals surface area contributed by atoms with Gasteiger partial charge in [0.25, 0.3) is 0 Å². The zero-order valence-electron chi connectivity index (χ0n) is 16.6. The lowest BCUT2D eigenvalue weighted by molar-refractivity contribution is 0.277. The molecule has 130 valence electrons. The number of hydrogen-bond donors (Lipinski definition) is 0. The maximum Gasteiger partial charge on any atom is 0.169 e. The van der Waals surface area contributed by atoms with Crippen LogP contribution in [0.2, 0.25) is 13.6 Å². The predicted octanol–water partition coefficient (Wildman–Crippen LogP) is 6.46. The molecular weight excluding hydrogens is 275 g/mol. The van der Waals surface area contributed by atoms with Gasteiger partial charge in [0, 0.05) is 0 Å². The monoisotopic (exact) mass is 314 g/mol. The van der Waals surface area contributed by atoms with E-state index in [0.29, 0.717) is 6.71 Å². The summed E-state index contributed by atoms with van der Waals surface area (Å²) in [5.74, 6) is 3.13. The van der Waals surface area contributed by atoms with E-state index in [-0.39, 0.29) is 0 Å². The second kappa shape index (κ2) is 10.9. The van der Waals surface area contributed by atoms with E-state index in [4.69, 9.17) is 0 Å². The van der Waals surface area contributed by atoms with E-state index in [9.17, 15) is 0 Å². The molecule has 1 aromatic carbocycles. The first-order chi connectivity index (χ1) is 11.2. The largest absolute Gasteiger partial charge is 0.169 e. The normalized spacial score (nSPS) is 25.4. The van der Waals surface area contributed by atoms with Crippen LogP contribution in [0.4, 0.5) is 0 Å². The average Bonchev–Trinajstić information content (AvgIpc) is 3.01. The molecule has 1 aromatic rings. The molecule has 3 rings (SSSR count). The summed E-state index contributed by atoms with van der Waals surface area (Å²) in [4.78, 5) is 0. The lowest BCUT2D eigenvalue weighted by Crippen LogP contribution is -2.22. The number of hydrogen-bond acceptors (Lipinski definition) is 0. The van der Waals surface area contributed by atoms with Crippen LogP contribution in [-0.2, 0) is 6.42 Å². The third kappa shape index (κ3) is 6.01. The molecule has 0 nitrogen and oxygen atoms in total. The van der Waals surface area contributed by atoms with Crippen LogP contribution in [0.3, 0.4) is 0 Å². The van der Waals surface area contributed by atoms with Crippen molar-refractivity contribution in [3.05, 3.63) is 29.8 Å². The number of benzene rings is 1. The highest BCUT2D eigenvalue weighted by Crippen LogP contribution is 2.45. The van der Waals surface area contributed by atoms with E-state index < -0.39 is 0 Å². The standard InChI is InChI=1S/C18H27B.2C2H6/c1-19(2)18-9-7-14(8-10-18)11-15-12-16-5-3-4-6-17(16)13-15;2*1-2/h7-10,15-17H,3-6,11-13H2,1-2H3;2*1-2H3. The molecule has 2 atom stereocenters. The molecule has 0 radical (unpaired) electrons. The van der Waals surface area contributed by atoms with Crippen LogP contribution in [0.15, 0.2) is 24.3 Å². The Morgan fingerprint density at radius 3 is 1.74 bits per heavy atom. The van der Waals surface area contributed by atoms with Crippen molar-refractivity contribution >= 4 is 12.2 Å². The zero-order valence-corrected chi connectivity index (χ0v) is 16.6. The second-order valence-corrected chi connectivity index (χ2v) is 7.24. The molecule has 2 unspecified atom stereocenters. The van der Waals surface area contributed by atoms with Gasteiger partial charge in [-0.2, -0.15) is 0 Å². The Morgan fingerprint density at radius 2 is 1.30 bits per heavy atom. The van der Waals surface area contributed by atoms with Crippen LogP contribution in [0.1, 0.15) is 71.8 Å². The smallest absolute Gasteiger partial charge is 0.0819 e. The van der Waals surface area contributed by atoms with E-state index in [1.54, 1.807) is 5.56 Å². The van der Waals surface area contributed by atoms with Crippen molar-refractivity contribution in [2.24, 2.45) is 17.8 Å². The van der Waals surface area contributed by atoms with Gasteiger partial charge in [0.15, 0.2) is 6.71 Å². The van der Waals surface area contributed by atoms with Gasteiger partial charge >= 0.3 is 0 Å². The Bertz CT molecular complexity index is 392. The molecule has 0 aliphatic heterocycles. The van der Waals surface area contributed by atoms with Gasteiger partial charge in [0.05, 0.1) is 0 Å². The minimum atomic E-state index is 0.656. The fourth-order valence-corrected chi connectivity index (χ4v) is 4.40. The fraction of sp³-hybridized carbons (Fsp3) is 0.727. The lowest BCUT2D eigenvalue weighted by atomic mass is 9.49. The van der Waals surface area contributed by atoms with Crippen LogP contribution in [0, 0.1) is 17.8 Å². The van der Waals surface area contributed by atoms with Crippen LogP contribution in [-0.4, -0.2) is 6.71 Å². The van der Waals surface area contributed by atoms with E-state index in [2.05, 4.69) is 37.9 Å². The SMILES string of the molecule is CB(C)c1ccc(CC2CC3CCCCC3C2)cc1.CC.CC. The predicted molar refractivity (Wildman–Crippen MR) is 108 cm³/mol. The van der Waals surface area contributed by atoms with E-state index in [1.165, 1.54) is 50.4 Å². The first-order valence-electron chi connectivity index (χ1n) is 10.3. The molecule has 0 heterocycles. The highest BCUT2D eigenvalue weighted by atomic mass is 14.4. The molecule has 2 aliphatic rings. The quantitative estimate of drug-likeness (QED) is 0.562.